The van der Waals surface area contributed by atoms with Gasteiger partial charge in [0.05, 0.1) is 18.5 Å². The number of aromatic nitrogens is 2. The van der Waals surface area contributed by atoms with E-state index >= 15 is 0 Å². The maximum absolute atomic E-state index is 12.1. The first kappa shape index (κ1) is 13.6. The summed E-state index contributed by atoms with van der Waals surface area (Å²) in [4.78, 5) is 6.70. The zero-order valence-corrected chi connectivity index (χ0v) is 11.2. The fraction of sp³-hybridized carbons (Fsp3) is 0.250. The zero-order chi connectivity index (χ0) is 13.9. The number of nitrogens with one attached hydrogen (secondary N) is 2. The predicted octanol–water partition coefficient (Wildman–Crippen LogP) is 1.27. The highest BCUT2D eigenvalue weighted by atomic mass is 32.2. The van der Waals surface area contributed by atoms with Crippen molar-refractivity contribution in [1.82, 2.24) is 9.97 Å². The van der Waals surface area contributed by atoms with E-state index in [2.05, 4.69) is 14.7 Å². The Hall–Kier alpha value is -1.86. The van der Waals surface area contributed by atoms with Crippen LogP contribution in [0.2, 0.25) is 0 Å². The first-order chi connectivity index (χ1) is 9.06. The maximum Gasteiger partial charge on any atom is 0.278 e. The molecule has 1 aromatic carbocycles. The van der Waals surface area contributed by atoms with E-state index in [0.717, 1.165) is 0 Å². The van der Waals surface area contributed by atoms with Crippen LogP contribution >= 0.6 is 0 Å². The molecular weight excluding hydrogens is 266 g/mol. The van der Waals surface area contributed by atoms with Crippen LogP contribution in [-0.2, 0) is 23.1 Å². The van der Waals surface area contributed by atoms with Crippen molar-refractivity contribution in [3.63, 3.8) is 0 Å². The predicted molar refractivity (Wildman–Crippen MR) is 71.1 cm³/mol. The van der Waals surface area contributed by atoms with Gasteiger partial charge in [-0.2, -0.15) is 8.42 Å². The fourth-order valence-corrected chi connectivity index (χ4v) is 2.66. The van der Waals surface area contributed by atoms with Crippen molar-refractivity contribution in [2.75, 3.05) is 4.72 Å². The monoisotopic (exact) mass is 281 g/mol. The lowest BCUT2D eigenvalue weighted by Gasteiger charge is -2.09. The van der Waals surface area contributed by atoms with E-state index in [4.69, 9.17) is 0 Å². The second kappa shape index (κ2) is 5.41. The zero-order valence-electron chi connectivity index (χ0n) is 10.4. The molecule has 0 spiro atoms. The van der Waals surface area contributed by atoms with Gasteiger partial charge < -0.3 is 10.1 Å². The normalized spacial score (nSPS) is 11.5. The summed E-state index contributed by atoms with van der Waals surface area (Å²) in [6.07, 6.45) is 1.91. The number of hydrogen-bond acceptors (Lipinski definition) is 4. The lowest BCUT2D eigenvalue weighted by atomic mass is 10.2. The Morgan fingerprint density at radius 3 is 2.74 bits per heavy atom. The van der Waals surface area contributed by atoms with Crippen molar-refractivity contribution in [3.8, 4) is 0 Å². The molecule has 0 aliphatic heterocycles. The van der Waals surface area contributed by atoms with Crippen molar-refractivity contribution in [2.24, 2.45) is 0 Å². The molecule has 1 aromatic heterocycles. The molecule has 1 heterocycles. The molecule has 0 aliphatic carbocycles. The summed E-state index contributed by atoms with van der Waals surface area (Å²) < 4.78 is 26.7. The quantitative estimate of drug-likeness (QED) is 0.769. The molecular formula is C12H15N3O3S. The van der Waals surface area contributed by atoms with Gasteiger partial charge in [-0.3, -0.25) is 4.72 Å². The Balaban J connectivity index is 2.31. The molecule has 0 fully saturated rings. The third-order valence-corrected chi connectivity index (χ3v) is 3.94. The molecule has 6 nitrogen and oxygen atoms in total. The number of para-hydroxylation sites is 1. The minimum absolute atomic E-state index is 0.0112. The van der Waals surface area contributed by atoms with Crippen molar-refractivity contribution in [1.29, 1.82) is 0 Å². The van der Waals surface area contributed by atoms with Crippen LogP contribution in [0, 0.1) is 0 Å². The van der Waals surface area contributed by atoms with E-state index in [9.17, 15) is 13.5 Å². The standard InChI is InChI=1S/C12H15N3O3S/c1-2-11-13-7-12(14-11)19(17,18)15-10-6-4-3-5-9(10)8-16/h3-7,15-16H,2,8H2,1H3,(H,13,14). The highest BCUT2D eigenvalue weighted by Gasteiger charge is 2.18. The topological polar surface area (TPSA) is 95.1 Å². The number of benzene rings is 1. The summed E-state index contributed by atoms with van der Waals surface area (Å²) in [6, 6.07) is 6.68. The number of nitrogens with zero attached hydrogens (tertiary/aromatic N) is 1. The molecule has 0 saturated heterocycles. The molecule has 3 N–H and O–H groups in total. The summed E-state index contributed by atoms with van der Waals surface area (Å²) >= 11 is 0. The number of sulfonamides is 1. The molecule has 0 saturated carbocycles. The number of aryl methyl sites for hydroxylation is 1. The highest BCUT2D eigenvalue weighted by Crippen LogP contribution is 2.19. The van der Waals surface area contributed by atoms with Crippen LogP contribution in [0.4, 0.5) is 5.69 Å². The number of imidazole rings is 1. The molecule has 0 radical (unpaired) electrons. The third-order valence-electron chi connectivity index (χ3n) is 2.66. The number of anilines is 1. The molecule has 0 amide bonds. The fourth-order valence-electron chi connectivity index (χ4n) is 1.62. The molecule has 2 rings (SSSR count). The summed E-state index contributed by atoms with van der Waals surface area (Å²) in [6.45, 7) is 1.64. The van der Waals surface area contributed by atoms with E-state index in [0.29, 0.717) is 23.5 Å². The van der Waals surface area contributed by atoms with Crippen molar-refractivity contribution in [2.45, 2.75) is 25.0 Å². The average Bonchev–Trinajstić information content (AvgIpc) is 2.88. The van der Waals surface area contributed by atoms with Gasteiger partial charge in [0.15, 0.2) is 5.03 Å². The van der Waals surface area contributed by atoms with Crippen LogP contribution in [-0.4, -0.2) is 23.5 Å². The molecule has 0 aliphatic rings. The molecule has 0 bridgehead atoms. The first-order valence-corrected chi connectivity index (χ1v) is 7.30. The smallest absolute Gasteiger partial charge is 0.278 e. The van der Waals surface area contributed by atoms with Gasteiger partial charge in [-0.25, -0.2) is 4.98 Å². The second-order valence-electron chi connectivity index (χ2n) is 3.97. The van der Waals surface area contributed by atoms with Gasteiger partial charge in [0.2, 0.25) is 0 Å². The minimum atomic E-state index is -3.71. The van der Waals surface area contributed by atoms with Crippen LogP contribution in [0.5, 0.6) is 0 Å². The van der Waals surface area contributed by atoms with E-state index in [1.165, 1.54) is 6.20 Å². The minimum Gasteiger partial charge on any atom is -0.392 e. The van der Waals surface area contributed by atoms with Gasteiger partial charge in [0.25, 0.3) is 10.0 Å². The van der Waals surface area contributed by atoms with Gasteiger partial charge in [0.1, 0.15) is 5.82 Å². The van der Waals surface area contributed by atoms with Gasteiger partial charge >= 0.3 is 0 Å². The van der Waals surface area contributed by atoms with Crippen LogP contribution in [0.3, 0.4) is 0 Å². The lowest BCUT2D eigenvalue weighted by Crippen LogP contribution is -2.14. The number of H-pyrrole nitrogens is 1. The Morgan fingerprint density at radius 1 is 1.37 bits per heavy atom. The summed E-state index contributed by atoms with van der Waals surface area (Å²) in [5.74, 6) is 0.607. The first-order valence-electron chi connectivity index (χ1n) is 5.82. The maximum atomic E-state index is 12.1. The average molecular weight is 281 g/mol. The van der Waals surface area contributed by atoms with Crippen molar-refractivity contribution < 1.29 is 13.5 Å². The Morgan fingerprint density at radius 2 is 2.11 bits per heavy atom. The SMILES string of the molecule is CCc1ncc(S(=O)(=O)Nc2ccccc2CO)[nH]1. The molecule has 19 heavy (non-hydrogen) atoms. The largest absolute Gasteiger partial charge is 0.392 e. The Bertz CT molecular complexity index is 664. The highest BCUT2D eigenvalue weighted by molar-refractivity contribution is 7.92. The third kappa shape index (κ3) is 2.94. The lowest BCUT2D eigenvalue weighted by molar-refractivity contribution is 0.282. The molecule has 2 aromatic rings. The van der Waals surface area contributed by atoms with Gasteiger partial charge in [-0.05, 0) is 6.07 Å². The number of hydrogen-bond donors (Lipinski definition) is 3. The van der Waals surface area contributed by atoms with Crippen molar-refractivity contribution >= 4 is 15.7 Å². The van der Waals surface area contributed by atoms with Crippen molar-refractivity contribution in [3.05, 3.63) is 41.9 Å². The van der Waals surface area contributed by atoms with Gasteiger partial charge in [-0.1, -0.05) is 25.1 Å². The van der Waals surface area contributed by atoms with E-state index in [-0.39, 0.29) is 11.6 Å². The van der Waals surface area contributed by atoms with Crippen LogP contribution in [0.1, 0.15) is 18.3 Å². The number of aromatic amines is 1. The van der Waals surface area contributed by atoms with Crippen LogP contribution < -0.4 is 4.72 Å². The van der Waals surface area contributed by atoms with E-state index in [1.54, 1.807) is 24.3 Å². The van der Waals surface area contributed by atoms with E-state index in [1.807, 2.05) is 6.92 Å². The van der Waals surface area contributed by atoms with E-state index < -0.39 is 10.0 Å². The number of aliphatic hydroxyl groups is 1. The summed E-state index contributed by atoms with van der Waals surface area (Å²) in [5.41, 5.74) is 0.874. The molecule has 7 heteroatoms. The van der Waals surface area contributed by atoms with Gasteiger partial charge in [0, 0.05) is 12.0 Å². The Labute approximate surface area is 111 Å². The van der Waals surface area contributed by atoms with Crippen LogP contribution in [0.15, 0.2) is 35.5 Å². The molecule has 0 atom stereocenters. The van der Waals surface area contributed by atoms with Gasteiger partial charge in [-0.15, -0.1) is 0 Å². The summed E-state index contributed by atoms with van der Waals surface area (Å²) in [7, 11) is -3.71. The second-order valence-corrected chi connectivity index (χ2v) is 5.62. The number of aliphatic hydroxyl groups excluding tert-OH is 1. The molecule has 102 valence electrons. The number of rotatable bonds is 5. The summed E-state index contributed by atoms with van der Waals surface area (Å²) in [5, 5.41) is 9.18. The van der Waals surface area contributed by atoms with Crippen LogP contribution in [0.25, 0.3) is 0 Å². The Kier molecular flexibility index (Phi) is 3.87. The molecule has 0 unspecified atom stereocenters.